The Morgan fingerprint density at radius 1 is 1.56 bits per heavy atom. The van der Waals surface area contributed by atoms with E-state index in [1.807, 2.05) is 19.4 Å². The number of rotatable bonds is 5. The molecule has 1 fully saturated rings. The first-order valence-electron chi connectivity index (χ1n) is 6.66. The fourth-order valence-electron chi connectivity index (χ4n) is 2.49. The number of imidazole rings is 1. The van der Waals surface area contributed by atoms with Gasteiger partial charge in [0.05, 0.1) is 18.6 Å². The standard InChI is InChI=1S/C13H21N3O2/c1-3-15-10-14-8-11(15)9-16-7-5-6-12(16)13(17)18-4-2/h8,10,12H,3-7,9H2,1-2H3. The van der Waals surface area contributed by atoms with Crippen molar-refractivity contribution in [3.63, 3.8) is 0 Å². The summed E-state index contributed by atoms with van der Waals surface area (Å²) in [5, 5.41) is 0. The lowest BCUT2D eigenvalue weighted by Gasteiger charge is -2.22. The van der Waals surface area contributed by atoms with E-state index < -0.39 is 0 Å². The summed E-state index contributed by atoms with van der Waals surface area (Å²) in [6.07, 6.45) is 5.68. The molecule has 100 valence electrons. The van der Waals surface area contributed by atoms with Gasteiger partial charge in [0.2, 0.25) is 0 Å². The van der Waals surface area contributed by atoms with Gasteiger partial charge in [-0.2, -0.15) is 0 Å². The normalized spacial score (nSPS) is 20.2. The number of hydrogen-bond donors (Lipinski definition) is 0. The summed E-state index contributed by atoms with van der Waals surface area (Å²) in [7, 11) is 0. The maximum absolute atomic E-state index is 11.9. The zero-order valence-corrected chi connectivity index (χ0v) is 11.1. The number of likely N-dealkylation sites (tertiary alicyclic amines) is 1. The van der Waals surface area contributed by atoms with Gasteiger partial charge in [0.15, 0.2) is 0 Å². The van der Waals surface area contributed by atoms with E-state index in [1.165, 1.54) is 0 Å². The third kappa shape index (κ3) is 2.72. The second kappa shape index (κ2) is 6.00. The first-order chi connectivity index (χ1) is 8.76. The fraction of sp³-hybridized carbons (Fsp3) is 0.692. The van der Waals surface area contributed by atoms with E-state index in [0.29, 0.717) is 6.61 Å². The Hall–Kier alpha value is -1.36. The lowest BCUT2D eigenvalue weighted by molar-refractivity contribution is -0.148. The lowest BCUT2D eigenvalue weighted by atomic mass is 10.2. The van der Waals surface area contributed by atoms with E-state index >= 15 is 0 Å². The van der Waals surface area contributed by atoms with Crippen LogP contribution in [0.2, 0.25) is 0 Å². The van der Waals surface area contributed by atoms with Crippen molar-refractivity contribution in [2.75, 3.05) is 13.2 Å². The maximum Gasteiger partial charge on any atom is 0.323 e. The number of carbonyl (C=O) groups is 1. The van der Waals surface area contributed by atoms with Crippen LogP contribution in [0.25, 0.3) is 0 Å². The number of nitrogens with zero attached hydrogens (tertiary/aromatic N) is 3. The van der Waals surface area contributed by atoms with Crippen LogP contribution in [0, 0.1) is 0 Å². The van der Waals surface area contributed by atoms with Crippen molar-refractivity contribution < 1.29 is 9.53 Å². The van der Waals surface area contributed by atoms with Gasteiger partial charge in [-0.25, -0.2) is 4.98 Å². The minimum Gasteiger partial charge on any atom is -0.465 e. The molecule has 1 unspecified atom stereocenters. The SMILES string of the molecule is CCOC(=O)C1CCCN1Cc1cncn1CC. The molecule has 1 aliphatic heterocycles. The Kier molecular flexibility index (Phi) is 4.36. The van der Waals surface area contributed by atoms with Crippen LogP contribution >= 0.6 is 0 Å². The highest BCUT2D eigenvalue weighted by molar-refractivity contribution is 5.76. The van der Waals surface area contributed by atoms with E-state index in [0.717, 1.165) is 38.2 Å². The highest BCUT2D eigenvalue weighted by atomic mass is 16.5. The number of hydrogen-bond acceptors (Lipinski definition) is 4. The summed E-state index contributed by atoms with van der Waals surface area (Å²) < 4.78 is 7.24. The molecule has 1 atom stereocenters. The molecule has 0 bridgehead atoms. The highest BCUT2D eigenvalue weighted by Crippen LogP contribution is 2.21. The first kappa shape index (κ1) is 13.1. The van der Waals surface area contributed by atoms with Crippen molar-refractivity contribution >= 4 is 5.97 Å². The van der Waals surface area contributed by atoms with E-state index in [4.69, 9.17) is 4.74 Å². The molecule has 1 aromatic rings. The molecule has 5 heteroatoms. The van der Waals surface area contributed by atoms with Crippen molar-refractivity contribution in [1.29, 1.82) is 0 Å². The van der Waals surface area contributed by atoms with Crippen LogP contribution in [0.1, 0.15) is 32.4 Å². The monoisotopic (exact) mass is 251 g/mol. The largest absolute Gasteiger partial charge is 0.465 e. The van der Waals surface area contributed by atoms with E-state index in [-0.39, 0.29) is 12.0 Å². The molecule has 0 aliphatic carbocycles. The molecule has 0 N–H and O–H groups in total. The number of aryl methyl sites for hydroxylation is 1. The van der Waals surface area contributed by atoms with Crippen molar-refractivity contribution in [2.45, 2.75) is 45.8 Å². The van der Waals surface area contributed by atoms with Gasteiger partial charge >= 0.3 is 5.97 Å². The molecule has 0 radical (unpaired) electrons. The van der Waals surface area contributed by atoms with Gasteiger partial charge in [0, 0.05) is 19.3 Å². The molecular weight excluding hydrogens is 230 g/mol. The summed E-state index contributed by atoms with van der Waals surface area (Å²) in [6, 6.07) is -0.0786. The zero-order valence-electron chi connectivity index (χ0n) is 11.1. The topological polar surface area (TPSA) is 47.4 Å². The Balaban J connectivity index is 2.01. The number of esters is 1. The Morgan fingerprint density at radius 3 is 3.11 bits per heavy atom. The fourth-order valence-corrected chi connectivity index (χ4v) is 2.49. The van der Waals surface area contributed by atoms with E-state index in [2.05, 4.69) is 21.4 Å². The van der Waals surface area contributed by atoms with Crippen LogP contribution in [0.3, 0.4) is 0 Å². The third-order valence-electron chi connectivity index (χ3n) is 3.43. The molecule has 1 aromatic heterocycles. The summed E-state index contributed by atoms with van der Waals surface area (Å²) in [5.74, 6) is -0.0856. The van der Waals surface area contributed by atoms with Crippen LogP contribution in [-0.2, 0) is 22.6 Å². The minimum atomic E-state index is -0.0856. The Bertz CT molecular complexity index is 403. The van der Waals surface area contributed by atoms with Gasteiger partial charge in [-0.15, -0.1) is 0 Å². The van der Waals surface area contributed by atoms with Gasteiger partial charge in [0.25, 0.3) is 0 Å². The van der Waals surface area contributed by atoms with Gasteiger partial charge in [-0.3, -0.25) is 9.69 Å². The minimum absolute atomic E-state index is 0.0786. The molecule has 0 saturated carbocycles. The predicted octanol–water partition coefficient (Wildman–Crippen LogP) is 1.43. The summed E-state index contributed by atoms with van der Waals surface area (Å²) in [4.78, 5) is 18.2. The van der Waals surface area contributed by atoms with Crippen molar-refractivity contribution in [2.24, 2.45) is 0 Å². The molecule has 18 heavy (non-hydrogen) atoms. The Labute approximate surface area is 108 Å². The third-order valence-corrected chi connectivity index (χ3v) is 3.43. The summed E-state index contributed by atoms with van der Waals surface area (Å²) in [6.45, 7) is 7.04. The van der Waals surface area contributed by atoms with Crippen LogP contribution in [0.5, 0.6) is 0 Å². The highest BCUT2D eigenvalue weighted by Gasteiger charge is 2.32. The number of carbonyl (C=O) groups excluding carboxylic acids is 1. The molecule has 2 heterocycles. The van der Waals surface area contributed by atoms with Gasteiger partial charge in [-0.05, 0) is 33.2 Å². The summed E-state index contributed by atoms with van der Waals surface area (Å²) in [5.41, 5.74) is 1.16. The van der Waals surface area contributed by atoms with Gasteiger partial charge in [-0.1, -0.05) is 0 Å². The van der Waals surface area contributed by atoms with Crippen LogP contribution in [0.15, 0.2) is 12.5 Å². The molecule has 1 aliphatic rings. The molecule has 5 nitrogen and oxygen atoms in total. The van der Waals surface area contributed by atoms with Crippen LogP contribution in [-0.4, -0.2) is 39.6 Å². The summed E-state index contributed by atoms with van der Waals surface area (Å²) >= 11 is 0. The quantitative estimate of drug-likeness (QED) is 0.743. The van der Waals surface area contributed by atoms with Crippen molar-refractivity contribution in [3.05, 3.63) is 18.2 Å². The number of aromatic nitrogens is 2. The second-order valence-electron chi connectivity index (χ2n) is 4.55. The molecular formula is C13H21N3O2. The molecule has 1 saturated heterocycles. The average molecular weight is 251 g/mol. The van der Waals surface area contributed by atoms with Gasteiger partial charge < -0.3 is 9.30 Å². The molecule has 0 amide bonds. The van der Waals surface area contributed by atoms with Crippen molar-refractivity contribution in [3.8, 4) is 0 Å². The number of ether oxygens (including phenoxy) is 1. The lowest BCUT2D eigenvalue weighted by Crippen LogP contribution is -2.37. The van der Waals surface area contributed by atoms with Crippen molar-refractivity contribution in [1.82, 2.24) is 14.5 Å². The average Bonchev–Trinajstić information content (AvgIpc) is 2.98. The predicted molar refractivity (Wildman–Crippen MR) is 68.0 cm³/mol. The zero-order chi connectivity index (χ0) is 13.0. The van der Waals surface area contributed by atoms with E-state index in [1.54, 1.807) is 0 Å². The molecule has 0 spiro atoms. The molecule has 0 aromatic carbocycles. The Morgan fingerprint density at radius 2 is 2.39 bits per heavy atom. The van der Waals surface area contributed by atoms with Crippen LogP contribution in [0.4, 0.5) is 0 Å². The first-order valence-corrected chi connectivity index (χ1v) is 6.66. The maximum atomic E-state index is 11.9. The van der Waals surface area contributed by atoms with Gasteiger partial charge in [0.1, 0.15) is 6.04 Å². The van der Waals surface area contributed by atoms with Crippen LogP contribution < -0.4 is 0 Å². The second-order valence-corrected chi connectivity index (χ2v) is 4.55. The molecule has 2 rings (SSSR count). The smallest absolute Gasteiger partial charge is 0.323 e. The van der Waals surface area contributed by atoms with E-state index in [9.17, 15) is 4.79 Å².